The van der Waals surface area contributed by atoms with Crippen molar-refractivity contribution in [2.24, 2.45) is 0 Å². The monoisotopic (exact) mass is 276 g/mol. The molecule has 96 valence electrons. The summed E-state index contributed by atoms with van der Waals surface area (Å²) in [6.45, 7) is 6.43. The van der Waals surface area contributed by atoms with E-state index in [9.17, 15) is 19.2 Å². The SMILES string of the molecule is CC[C](=O)[Ti]([C](=O)CC)([C](=O)CC)[C](=O)CC. The molecule has 5 heteroatoms. The minimum atomic E-state index is -4.37. The van der Waals surface area contributed by atoms with Gasteiger partial charge in [0, 0.05) is 0 Å². The van der Waals surface area contributed by atoms with Crippen LogP contribution in [0.2, 0.25) is 0 Å². The second-order valence-electron chi connectivity index (χ2n) is 3.86. The van der Waals surface area contributed by atoms with Gasteiger partial charge in [0.2, 0.25) is 0 Å². The van der Waals surface area contributed by atoms with Gasteiger partial charge in [-0.2, -0.15) is 0 Å². The Labute approximate surface area is 106 Å². The van der Waals surface area contributed by atoms with E-state index < -0.39 is 16.6 Å². The van der Waals surface area contributed by atoms with Crippen LogP contribution in [0.25, 0.3) is 0 Å². The molecule has 0 saturated carbocycles. The molecule has 0 aromatic rings. The number of carbonyl (C=O) groups is 4. The molecule has 0 radical (unpaired) electrons. The zero-order chi connectivity index (χ0) is 13.6. The Balaban J connectivity index is 5.88. The Kier molecular flexibility index (Phi) is 6.72. The molecule has 0 N–H and O–H groups in total. The predicted octanol–water partition coefficient (Wildman–Crippen LogP) is 1.89. The zero-order valence-electron chi connectivity index (χ0n) is 11.0. The molecule has 0 aliphatic heterocycles. The van der Waals surface area contributed by atoms with Crippen molar-refractivity contribution in [1.29, 1.82) is 0 Å². The van der Waals surface area contributed by atoms with E-state index in [0.717, 1.165) is 0 Å². The molecule has 0 unspecified atom stereocenters. The summed E-state index contributed by atoms with van der Waals surface area (Å²) in [5.41, 5.74) is 0. The Morgan fingerprint density at radius 2 is 0.765 bits per heavy atom. The second-order valence-corrected chi connectivity index (χ2v) is 9.68. The van der Waals surface area contributed by atoms with Gasteiger partial charge in [-0.3, -0.25) is 0 Å². The van der Waals surface area contributed by atoms with Crippen molar-refractivity contribution in [2.75, 3.05) is 0 Å². The Hall–Kier alpha value is -0.606. The van der Waals surface area contributed by atoms with Crippen molar-refractivity contribution in [3.63, 3.8) is 0 Å². The van der Waals surface area contributed by atoms with E-state index in [1.165, 1.54) is 0 Å². The molecule has 0 heterocycles. The van der Waals surface area contributed by atoms with Crippen molar-refractivity contribution in [3.8, 4) is 0 Å². The fourth-order valence-electron chi connectivity index (χ4n) is 1.99. The predicted molar refractivity (Wildman–Crippen MR) is 61.2 cm³/mol. The van der Waals surface area contributed by atoms with Crippen molar-refractivity contribution in [1.82, 2.24) is 0 Å². The number of rotatable bonds is 8. The Bertz CT molecular complexity index is 277. The number of carbonyl (C=O) groups excluding carboxylic acids is 4. The molecule has 17 heavy (non-hydrogen) atoms. The van der Waals surface area contributed by atoms with Crippen LogP contribution >= 0.6 is 0 Å². The number of hydrogen-bond donors (Lipinski definition) is 0. The van der Waals surface area contributed by atoms with Gasteiger partial charge in [-0.1, -0.05) is 0 Å². The van der Waals surface area contributed by atoms with Crippen molar-refractivity contribution >= 4 is 16.4 Å². The molecule has 0 amide bonds. The molecule has 0 rings (SSSR count). The van der Waals surface area contributed by atoms with Gasteiger partial charge < -0.3 is 0 Å². The van der Waals surface area contributed by atoms with Crippen LogP contribution in [0.3, 0.4) is 0 Å². The second kappa shape index (κ2) is 6.97. The molecule has 0 bridgehead atoms. The molecule has 0 aliphatic carbocycles. The first-order valence-corrected chi connectivity index (χ1v) is 9.18. The van der Waals surface area contributed by atoms with Gasteiger partial charge >= 0.3 is 105 Å². The summed E-state index contributed by atoms with van der Waals surface area (Å²) in [7, 11) is 0. The molecular formula is C12H20O4Ti. The van der Waals surface area contributed by atoms with E-state index in [4.69, 9.17) is 0 Å². The van der Waals surface area contributed by atoms with Crippen LogP contribution < -0.4 is 0 Å². The summed E-state index contributed by atoms with van der Waals surface area (Å²) in [6, 6.07) is 0. The molecule has 0 spiro atoms. The van der Waals surface area contributed by atoms with Gasteiger partial charge in [0.25, 0.3) is 0 Å². The maximum atomic E-state index is 12.1. The van der Waals surface area contributed by atoms with Crippen molar-refractivity contribution in [3.05, 3.63) is 0 Å². The average molecular weight is 276 g/mol. The van der Waals surface area contributed by atoms with Crippen LogP contribution in [-0.4, -0.2) is 16.4 Å². The van der Waals surface area contributed by atoms with Gasteiger partial charge in [0.05, 0.1) is 0 Å². The van der Waals surface area contributed by atoms with Crippen LogP contribution in [0.15, 0.2) is 0 Å². The normalized spacial score (nSPS) is 11.1. The third-order valence-corrected chi connectivity index (χ3v) is 10.4. The standard InChI is InChI=1S/4C3H5O.Ti/c4*1-2-3-4;/h4*2H2,1H3;. The van der Waals surface area contributed by atoms with Crippen LogP contribution in [0.4, 0.5) is 0 Å². The van der Waals surface area contributed by atoms with Gasteiger partial charge in [0.1, 0.15) is 0 Å². The molecule has 0 aromatic carbocycles. The molecule has 0 fully saturated rings. The minimum absolute atomic E-state index is 0.100. The van der Waals surface area contributed by atoms with Crippen LogP contribution in [0, 0.1) is 0 Å². The topological polar surface area (TPSA) is 68.3 Å². The summed E-state index contributed by atoms with van der Waals surface area (Å²) in [5, 5.41) is 0. The van der Waals surface area contributed by atoms with Crippen molar-refractivity contribution < 1.29 is 35.8 Å². The summed E-state index contributed by atoms with van der Waals surface area (Å²) < 4.78 is -1.52. The Morgan fingerprint density at radius 3 is 0.882 bits per heavy atom. The zero-order valence-corrected chi connectivity index (χ0v) is 12.5. The van der Waals surface area contributed by atoms with Crippen molar-refractivity contribution in [2.45, 2.75) is 53.4 Å². The number of hydrogen-bond acceptors (Lipinski definition) is 4. The van der Waals surface area contributed by atoms with Gasteiger partial charge in [0.15, 0.2) is 0 Å². The van der Waals surface area contributed by atoms with E-state index in [2.05, 4.69) is 0 Å². The third kappa shape index (κ3) is 2.80. The molecule has 4 nitrogen and oxygen atoms in total. The third-order valence-electron chi connectivity index (χ3n) is 2.96. The van der Waals surface area contributed by atoms with E-state index in [1.807, 2.05) is 0 Å². The van der Waals surface area contributed by atoms with Crippen LogP contribution in [-0.2, 0) is 35.8 Å². The van der Waals surface area contributed by atoms with Crippen LogP contribution in [0.5, 0.6) is 0 Å². The van der Waals surface area contributed by atoms with Gasteiger partial charge in [-0.15, -0.1) is 0 Å². The summed E-state index contributed by atoms with van der Waals surface area (Å²) >= 11 is -4.37. The molecule has 0 atom stereocenters. The molecular weight excluding hydrogens is 256 g/mol. The first-order chi connectivity index (χ1) is 7.93. The van der Waals surface area contributed by atoms with Gasteiger partial charge in [-0.05, 0) is 0 Å². The molecule has 0 aliphatic rings. The van der Waals surface area contributed by atoms with E-state index in [0.29, 0.717) is 0 Å². The average Bonchev–Trinajstić information content (AvgIpc) is 2.37. The van der Waals surface area contributed by atoms with E-state index in [-0.39, 0.29) is 42.0 Å². The molecule has 0 aromatic heterocycles. The van der Waals surface area contributed by atoms with Crippen LogP contribution in [0.1, 0.15) is 53.4 Å². The molecule has 0 saturated heterocycles. The fourth-order valence-corrected chi connectivity index (χ4v) is 8.22. The summed E-state index contributed by atoms with van der Waals surface area (Å²) in [5.74, 6) is 0. The maximum absolute atomic E-state index is 12.1. The van der Waals surface area contributed by atoms with Gasteiger partial charge in [-0.25, -0.2) is 0 Å². The summed E-state index contributed by atoms with van der Waals surface area (Å²) in [6.07, 6.45) is 0.402. The summed E-state index contributed by atoms with van der Waals surface area (Å²) in [4.78, 5) is 48.2. The fraction of sp³-hybridized carbons (Fsp3) is 0.667. The van der Waals surface area contributed by atoms with E-state index in [1.54, 1.807) is 27.7 Å². The quantitative estimate of drug-likeness (QED) is 0.635. The first-order valence-electron chi connectivity index (χ1n) is 6.06. The first kappa shape index (κ1) is 16.4. The Morgan fingerprint density at radius 1 is 0.588 bits per heavy atom. The van der Waals surface area contributed by atoms with E-state index >= 15 is 0 Å².